The van der Waals surface area contributed by atoms with Gasteiger partial charge in [-0.05, 0) is 31.0 Å². The topological polar surface area (TPSA) is 81.6 Å². The molecular formula is C12H10N4O. The number of hydrogen-bond donors (Lipinski definition) is 2. The molecule has 0 radical (unpaired) electrons. The summed E-state index contributed by atoms with van der Waals surface area (Å²) >= 11 is 0. The predicted molar refractivity (Wildman–Crippen MR) is 62.0 cm³/mol. The van der Waals surface area contributed by atoms with Crippen LogP contribution in [0.15, 0.2) is 24.5 Å². The summed E-state index contributed by atoms with van der Waals surface area (Å²) in [5, 5.41) is 11.7. The highest BCUT2D eigenvalue weighted by atomic mass is 16.2. The van der Waals surface area contributed by atoms with Crippen molar-refractivity contribution < 1.29 is 4.79 Å². The number of hydrogen-bond acceptors (Lipinski definition) is 3. The van der Waals surface area contributed by atoms with E-state index in [1.807, 2.05) is 12.1 Å². The largest absolute Gasteiger partial charge is 0.345 e. The van der Waals surface area contributed by atoms with Crippen molar-refractivity contribution in [3.63, 3.8) is 0 Å². The molecule has 1 aliphatic carbocycles. The van der Waals surface area contributed by atoms with Crippen molar-refractivity contribution in [1.29, 1.82) is 5.26 Å². The number of carbonyl (C=O) groups is 1. The van der Waals surface area contributed by atoms with Crippen LogP contribution in [0.4, 0.5) is 5.69 Å². The molecule has 1 heterocycles. The Bertz CT molecular complexity index is 633. The van der Waals surface area contributed by atoms with Crippen LogP contribution in [0.25, 0.3) is 11.0 Å². The summed E-state index contributed by atoms with van der Waals surface area (Å²) in [6, 6.07) is 7.50. The van der Waals surface area contributed by atoms with Gasteiger partial charge in [-0.2, -0.15) is 5.26 Å². The summed E-state index contributed by atoms with van der Waals surface area (Å²) < 4.78 is 0. The molecule has 84 valence electrons. The van der Waals surface area contributed by atoms with Crippen LogP contribution < -0.4 is 5.32 Å². The average molecular weight is 226 g/mol. The fourth-order valence-electron chi connectivity index (χ4n) is 1.78. The molecule has 1 amide bonds. The molecule has 1 saturated carbocycles. The maximum atomic E-state index is 11.8. The van der Waals surface area contributed by atoms with Crippen molar-refractivity contribution in [2.75, 3.05) is 5.32 Å². The number of H-pyrrole nitrogens is 1. The van der Waals surface area contributed by atoms with Crippen molar-refractivity contribution in [1.82, 2.24) is 9.97 Å². The monoisotopic (exact) mass is 226 g/mol. The third-order valence-corrected chi connectivity index (χ3v) is 3.08. The number of nitrogens with zero attached hydrogens (tertiary/aromatic N) is 2. The molecule has 0 saturated heterocycles. The van der Waals surface area contributed by atoms with Crippen molar-refractivity contribution in [3.8, 4) is 6.07 Å². The van der Waals surface area contributed by atoms with E-state index >= 15 is 0 Å². The Morgan fingerprint density at radius 2 is 2.35 bits per heavy atom. The van der Waals surface area contributed by atoms with Crippen LogP contribution in [-0.2, 0) is 4.79 Å². The van der Waals surface area contributed by atoms with Crippen LogP contribution in [0.2, 0.25) is 0 Å². The van der Waals surface area contributed by atoms with Gasteiger partial charge in [0.2, 0.25) is 5.91 Å². The number of imidazole rings is 1. The summed E-state index contributed by atoms with van der Waals surface area (Å²) in [5.41, 5.74) is 1.62. The van der Waals surface area contributed by atoms with Gasteiger partial charge in [-0.25, -0.2) is 4.98 Å². The quantitative estimate of drug-likeness (QED) is 0.819. The Kier molecular flexibility index (Phi) is 1.92. The summed E-state index contributed by atoms with van der Waals surface area (Å²) in [4.78, 5) is 18.9. The van der Waals surface area contributed by atoms with E-state index in [1.165, 1.54) is 0 Å². The summed E-state index contributed by atoms with van der Waals surface area (Å²) in [6.07, 6.45) is 2.91. The number of nitrogens with one attached hydrogen (secondary N) is 2. The van der Waals surface area contributed by atoms with Crippen LogP contribution in [-0.4, -0.2) is 15.9 Å². The highest BCUT2D eigenvalue weighted by Crippen LogP contribution is 2.45. The van der Waals surface area contributed by atoms with Crippen LogP contribution in [0, 0.1) is 16.7 Å². The van der Waals surface area contributed by atoms with Gasteiger partial charge in [0.1, 0.15) is 5.41 Å². The minimum Gasteiger partial charge on any atom is -0.345 e. The smallest absolute Gasteiger partial charge is 0.244 e. The van der Waals surface area contributed by atoms with E-state index in [-0.39, 0.29) is 5.91 Å². The number of carbonyl (C=O) groups excluding carboxylic acids is 1. The molecule has 2 aromatic rings. The number of fused-ring (bicyclic) bond motifs is 1. The molecule has 1 aliphatic rings. The van der Waals surface area contributed by atoms with Crippen molar-refractivity contribution in [2.24, 2.45) is 5.41 Å². The highest BCUT2D eigenvalue weighted by Gasteiger charge is 2.50. The summed E-state index contributed by atoms with van der Waals surface area (Å²) in [5.74, 6) is -0.209. The molecule has 3 rings (SSSR count). The molecule has 17 heavy (non-hydrogen) atoms. The normalized spacial score (nSPS) is 16.4. The second kappa shape index (κ2) is 3.32. The first-order valence-corrected chi connectivity index (χ1v) is 5.39. The molecule has 1 aromatic heterocycles. The molecule has 0 bridgehead atoms. The Morgan fingerprint density at radius 3 is 3.06 bits per heavy atom. The van der Waals surface area contributed by atoms with Crippen LogP contribution >= 0.6 is 0 Å². The van der Waals surface area contributed by atoms with Gasteiger partial charge >= 0.3 is 0 Å². The number of aromatic nitrogens is 2. The second-order valence-corrected chi connectivity index (χ2v) is 4.28. The maximum Gasteiger partial charge on any atom is 0.244 e. The van der Waals surface area contributed by atoms with Gasteiger partial charge in [0.05, 0.1) is 23.4 Å². The number of benzene rings is 1. The minimum atomic E-state index is -0.789. The Balaban J connectivity index is 1.85. The number of amides is 1. The molecular weight excluding hydrogens is 216 g/mol. The number of aromatic amines is 1. The zero-order valence-corrected chi connectivity index (χ0v) is 9.03. The van der Waals surface area contributed by atoms with Gasteiger partial charge < -0.3 is 10.3 Å². The first-order chi connectivity index (χ1) is 8.23. The third-order valence-electron chi connectivity index (χ3n) is 3.08. The van der Waals surface area contributed by atoms with Crippen LogP contribution in [0.3, 0.4) is 0 Å². The Hall–Kier alpha value is -2.35. The van der Waals surface area contributed by atoms with Crippen LogP contribution in [0.5, 0.6) is 0 Å². The van der Waals surface area contributed by atoms with Gasteiger partial charge in [0.15, 0.2) is 0 Å². The number of anilines is 1. The number of rotatable bonds is 2. The molecule has 0 aliphatic heterocycles. The molecule has 1 aromatic carbocycles. The molecule has 2 N–H and O–H groups in total. The summed E-state index contributed by atoms with van der Waals surface area (Å²) in [7, 11) is 0. The fourth-order valence-corrected chi connectivity index (χ4v) is 1.78. The average Bonchev–Trinajstić information content (AvgIpc) is 3.01. The number of nitriles is 1. The molecule has 5 heteroatoms. The highest BCUT2D eigenvalue weighted by molar-refractivity contribution is 6.00. The molecule has 0 spiro atoms. The van der Waals surface area contributed by atoms with Gasteiger partial charge in [0.25, 0.3) is 0 Å². The first kappa shape index (κ1) is 9.85. The molecule has 0 atom stereocenters. The second-order valence-electron chi connectivity index (χ2n) is 4.28. The van der Waals surface area contributed by atoms with Gasteiger partial charge in [-0.15, -0.1) is 0 Å². The molecule has 1 fully saturated rings. The van der Waals surface area contributed by atoms with E-state index in [0.717, 1.165) is 11.0 Å². The van der Waals surface area contributed by atoms with E-state index in [1.54, 1.807) is 12.4 Å². The minimum absolute atomic E-state index is 0.209. The van der Waals surface area contributed by atoms with Crippen LogP contribution in [0.1, 0.15) is 12.8 Å². The SMILES string of the molecule is N#CC1(C(=O)Nc2ccc3nc[nH]c3c2)CC1. The Morgan fingerprint density at radius 1 is 1.53 bits per heavy atom. The van der Waals surface area contributed by atoms with E-state index in [9.17, 15) is 4.79 Å². The Labute approximate surface area is 97.5 Å². The molecule has 5 nitrogen and oxygen atoms in total. The zero-order chi connectivity index (χ0) is 11.9. The molecule has 0 unspecified atom stereocenters. The van der Waals surface area contributed by atoms with Gasteiger partial charge in [0, 0.05) is 5.69 Å². The van der Waals surface area contributed by atoms with Gasteiger partial charge in [-0.3, -0.25) is 4.79 Å². The lowest BCUT2D eigenvalue weighted by Crippen LogP contribution is -2.22. The van der Waals surface area contributed by atoms with Crippen molar-refractivity contribution in [2.45, 2.75) is 12.8 Å². The van der Waals surface area contributed by atoms with Crippen molar-refractivity contribution in [3.05, 3.63) is 24.5 Å². The predicted octanol–water partition coefficient (Wildman–Crippen LogP) is 1.81. The lowest BCUT2D eigenvalue weighted by atomic mass is 10.1. The first-order valence-electron chi connectivity index (χ1n) is 5.39. The lowest BCUT2D eigenvalue weighted by Gasteiger charge is -2.07. The third kappa shape index (κ3) is 1.54. The van der Waals surface area contributed by atoms with E-state index in [2.05, 4.69) is 21.4 Å². The van der Waals surface area contributed by atoms with E-state index in [4.69, 9.17) is 5.26 Å². The maximum absolute atomic E-state index is 11.8. The van der Waals surface area contributed by atoms with E-state index in [0.29, 0.717) is 18.5 Å². The van der Waals surface area contributed by atoms with E-state index < -0.39 is 5.41 Å². The van der Waals surface area contributed by atoms with Crippen molar-refractivity contribution >= 4 is 22.6 Å². The fraction of sp³-hybridized carbons (Fsp3) is 0.250. The zero-order valence-electron chi connectivity index (χ0n) is 9.03. The van der Waals surface area contributed by atoms with Gasteiger partial charge in [-0.1, -0.05) is 0 Å². The standard InChI is InChI=1S/C12H10N4O/c13-6-12(3-4-12)11(17)16-8-1-2-9-10(5-8)15-7-14-9/h1-2,5,7H,3-4H2,(H,14,15)(H,16,17). The summed E-state index contributed by atoms with van der Waals surface area (Å²) in [6.45, 7) is 0. The lowest BCUT2D eigenvalue weighted by molar-refractivity contribution is -0.119.